The molecule has 0 radical (unpaired) electrons. The molecule has 1 saturated heterocycles. The van der Waals surface area contributed by atoms with E-state index in [1.54, 1.807) is 0 Å². The number of halogens is 1. The van der Waals surface area contributed by atoms with E-state index in [1.165, 1.54) is 15.7 Å². The van der Waals surface area contributed by atoms with Crippen LogP contribution in [0.1, 0.15) is 40.2 Å². The molecule has 21 heavy (non-hydrogen) atoms. The van der Waals surface area contributed by atoms with E-state index in [2.05, 4.69) is 85.9 Å². The Bertz CT molecular complexity index is 490. The molecule has 1 N–H and O–H groups in total. The van der Waals surface area contributed by atoms with E-state index >= 15 is 0 Å². The van der Waals surface area contributed by atoms with E-state index in [0.29, 0.717) is 18.0 Å². The van der Waals surface area contributed by atoms with Gasteiger partial charge in [-0.2, -0.15) is 0 Å². The Labute approximate surface area is 138 Å². The number of aryl methyl sites for hydroxylation is 1. The van der Waals surface area contributed by atoms with Gasteiger partial charge in [0.15, 0.2) is 0 Å². The molecule has 1 aromatic rings. The molecule has 0 spiro atoms. The summed E-state index contributed by atoms with van der Waals surface area (Å²) in [5, 5.41) is 3.76. The van der Waals surface area contributed by atoms with Gasteiger partial charge in [0, 0.05) is 35.3 Å². The van der Waals surface area contributed by atoms with Gasteiger partial charge in [0.2, 0.25) is 0 Å². The molecule has 0 saturated carbocycles. The molecular formula is C18H29BrN2. The largest absolute Gasteiger partial charge is 0.365 e. The molecule has 1 aliphatic heterocycles. The van der Waals surface area contributed by atoms with Crippen LogP contribution in [-0.2, 0) is 0 Å². The predicted octanol–water partition coefficient (Wildman–Crippen LogP) is 4.61. The monoisotopic (exact) mass is 352 g/mol. The van der Waals surface area contributed by atoms with Gasteiger partial charge in [0.05, 0.1) is 0 Å². The van der Waals surface area contributed by atoms with E-state index in [-0.39, 0.29) is 5.41 Å². The predicted molar refractivity (Wildman–Crippen MR) is 96.1 cm³/mol. The van der Waals surface area contributed by atoms with Crippen molar-refractivity contribution in [3.05, 3.63) is 28.2 Å². The van der Waals surface area contributed by atoms with Crippen molar-refractivity contribution in [1.82, 2.24) is 5.32 Å². The van der Waals surface area contributed by atoms with Crippen LogP contribution < -0.4 is 10.2 Å². The van der Waals surface area contributed by atoms with Crippen LogP contribution in [0, 0.1) is 18.3 Å². The standard InChI is InChI=1S/C18H29BrN2/c1-12(2)16-10-20-17(18(4,5)6)11-21(16)14-8-7-13(3)15(19)9-14/h7-9,12,16-17,20H,10-11H2,1-6H3. The van der Waals surface area contributed by atoms with Crippen LogP contribution in [0.5, 0.6) is 0 Å². The highest BCUT2D eigenvalue weighted by Gasteiger charge is 2.35. The maximum absolute atomic E-state index is 3.76. The molecule has 0 aromatic heterocycles. The molecule has 2 atom stereocenters. The number of rotatable bonds is 2. The number of hydrogen-bond acceptors (Lipinski definition) is 2. The zero-order valence-electron chi connectivity index (χ0n) is 14.2. The summed E-state index contributed by atoms with van der Waals surface area (Å²) in [4.78, 5) is 2.60. The van der Waals surface area contributed by atoms with E-state index in [4.69, 9.17) is 0 Å². The normalized spacial score (nSPS) is 23.7. The van der Waals surface area contributed by atoms with Crippen molar-refractivity contribution < 1.29 is 0 Å². The Balaban J connectivity index is 2.31. The molecule has 2 nitrogen and oxygen atoms in total. The Morgan fingerprint density at radius 3 is 2.48 bits per heavy atom. The van der Waals surface area contributed by atoms with Crippen molar-refractivity contribution in [1.29, 1.82) is 0 Å². The lowest BCUT2D eigenvalue weighted by atomic mass is 9.83. The number of nitrogens with zero attached hydrogens (tertiary/aromatic N) is 1. The Hall–Kier alpha value is -0.540. The van der Waals surface area contributed by atoms with Crippen LogP contribution in [-0.4, -0.2) is 25.2 Å². The Kier molecular flexibility index (Phi) is 5.04. The summed E-state index contributed by atoms with van der Waals surface area (Å²) >= 11 is 3.68. The minimum absolute atomic E-state index is 0.280. The van der Waals surface area contributed by atoms with Gasteiger partial charge < -0.3 is 10.2 Å². The highest BCUT2D eigenvalue weighted by Crippen LogP contribution is 2.31. The van der Waals surface area contributed by atoms with Gasteiger partial charge in [-0.3, -0.25) is 0 Å². The molecule has 3 heteroatoms. The van der Waals surface area contributed by atoms with Crippen LogP contribution in [0.15, 0.2) is 22.7 Å². The average Bonchev–Trinajstić information content (AvgIpc) is 2.40. The SMILES string of the molecule is Cc1ccc(N2CC(C(C)(C)C)NCC2C(C)C)cc1Br. The fourth-order valence-electron chi connectivity index (χ4n) is 3.00. The van der Waals surface area contributed by atoms with Gasteiger partial charge in [0.25, 0.3) is 0 Å². The average molecular weight is 353 g/mol. The number of hydrogen-bond donors (Lipinski definition) is 1. The van der Waals surface area contributed by atoms with Crippen LogP contribution in [0.25, 0.3) is 0 Å². The molecule has 0 aliphatic carbocycles. The number of benzene rings is 1. The first-order valence-corrected chi connectivity index (χ1v) is 8.75. The first kappa shape index (κ1) is 16.8. The lowest BCUT2D eigenvalue weighted by Crippen LogP contribution is -2.62. The zero-order chi connectivity index (χ0) is 15.8. The second-order valence-corrected chi connectivity index (χ2v) is 8.58. The second-order valence-electron chi connectivity index (χ2n) is 7.72. The van der Waals surface area contributed by atoms with E-state index < -0.39 is 0 Å². The maximum atomic E-state index is 3.76. The third-order valence-corrected chi connectivity index (χ3v) is 5.51. The van der Waals surface area contributed by atoms with Crippen LogP contribution in [0.4, 0.5) is 5.69 Å². The fraction of sp³-hybridized carbons (Fsp3) is 0.667. The molecule has 1 aromatic carbocycles. The summed E-state index contributed by atoms with van der Waals surface area (Å²) in [5.41, 5.74) is 2.91. The third-order valence-electron chi connectivity index (χ3n) is 4.65. The Morgan fingerprint density at radius 2 is 1.95 bits per heavy atom. The first-order chi connectivity index (χ1) is 9.70. The van der Waals surface area contributed by atoms with Crippen LogP contribution in [0.2, 0.25) is 0 Å². The van der Waals surface area contributed by atoms with Crippen LogP contribution in [0.3, 0.4) is 0 Å². The summed E-state index contributed by atoms with van der Waals surface area (Å²) in [7, 11) is 0. The molecule has 118 valence electrons. The Morgan fingerprint density at radius 1 is 1.29 bits per heavy atom. The fourth-order valence-corrected chi connectivity index (χ4v) is 3.37. The van der Waals surface area contributed by atoms with Crippen molar-refractivity contribution in [2.75, 3.05) is 18.0 Å². The summed E-state index contributed by atoms with van der Waals surface area (Å²) < 4.78 is 1.20. The lowest BCUT2D eigenvalue weighted by Gasteiger charge is -2.47. The quantitative estimate of drug-likeness (QED) is 0.836. The van der Waals surface area contributed by atoms with Crippen molar-refractivity contribution in [3.63, 3.8) is 0 Å². The van der Waals surface area contributed by atoms with Crippen molar-refractivity contribution in [3.8, 4) is 0 Å². The van der Waals surface area contributed by atoms with Gasteiger partial charge in [-0.15, -0.1) is 0 Å². The molecule has 1 aliphatic rings. The zero-order valence-corrected chi connectivity index (χ0v) is 15.8. The number of anilines is 1. The highest BCUT2D eigenvalue weighted by atomic mass is 79.9. The number of nitrogens with one attached hydrogen (secondary N) is 1. The van der Waals surface area contributed by atoms with Crippen molar-refractivity contribution >= 4 is 21.6 Å². The molecule has 1 fully saturated rings. The summed E-state index contributed by atoms with van der Waals surface area (Å²) in [6.45, 7) is 15.9. The van der Waals surface area contributed by atoms with Gasteiger partial charge in [-0.1, -0.05) is 56.6 Å². The minimum Gasteiger partial charge on any atom is -0.365 e. The summed E-state index contributed by atoms with van der Waals surface area (Å²) in [6, 6.07) is 7.83. The van der Waals surface area contributed by atoms with E-state index in [0.717, 1.165) is 13.1 Å². The molecule has 0 bridgehead atoms. The number of piperazine rings is 1. The smallest absolute Gasteiger partial charge is 0.0438 e. The second kappa shape index (κ2) is 6.29. The lowest BCUT2D eigenvalue weighted by molar-refractivity contribution is 0.221. The van der Waals surface area contributed by atoms with Gasteiger partial charge in [-0.25, -0.2) is 0 Å². The molecule has 2 unspecified atom stereocenters. The molecule has 0 amide bonds. The van der Waals surface area contributed by atoms with E-state index in [1.807, 2.05) is 0 Å². The van der Waals surface area contributed by atoms with Gasteiger partial charge >= 0.3 is 0 Å². The maximum Gasteiger partial charge on any atom is 0.0438 e. The first-order valence-electron chi connectivity index (χ1n) is 7.96. The molecular weight excluding hydrogens is 324 g/mol. The summed E-state index contributed by atoms with van der Waals surface area (Å²) in [6.07, 6.45) is 0. The molecule has 2 rings (SSSR count). The molecule has 1 heterocycles. The van der Waals surface area contributed by atoms with Crippen molar-refractivity contribution in [2.45, 2.75) is 53.6 Å². The van der Waals surface area contributed by atoms with Gasteiger partial charge in [0.1, 0.15) is 0 Å². The topological polar surface area (TPSA) is 15.3 Å². The van der Waals surface area contributed by atoms with Gasteiger partial charge in [-0.05, 0) is 36.0 Å². The third kappa shape index (κ3) is 3.81. The van der Waals surface area contributed by atoms with E-state index in [9.17, 15) is 0 Å². The highest BCUT2D eigenvalue weighted by molar-refractivity contribution is 9.10. The summed E-state index contributed by atoms with van der Waals surface area (Å²) in [5.74, 6) is 0.637. The minimum atomic E-state index is 0.280. The van der Waals surface area contributed by atoms with Crippen molar-refractivity contribution in [2.24, 2.45) is 11.3 Å². The van der Waals surface area contributed by atoms with Crippen LogP contribution >= 0.6 is 15.9 Å².